The Morgan fingerprint density at radius 2 is 2.10 bits per heavy atom. The van der Waals surface area contributed by atoms with Crippen LogP contribution in [0.25, 0.3) is 11.3 Å². The number of anilines is 1. The first kappa shape index (κ1) is 14.4. The number of methoxy groups -OCH3 is 1. The summed E-state index contributed by atoms with van der Waals surface area (Å²) in [4.78, 5) is 4.58. The maximum atomic E-state index is 13.8. The first-order valence-corrected chi connectivity index (χ1v) is 6.69. The van der Waals surface area contributed by atoms with Gasteiger partial charge in [-0.25, -0.2) is 9.37 Å². The zero-order chi connectivity index (χ0) is 14.9. The number of nitrogens with two attached hydrogens (primary N) is 1. The van der Waals surface area contributed by atoms with Crippen molar-refractivity contribution in [1.82, 2.24) is 9.55 Å². The molecule has 1 heterocycles. The fraction of sp³-hybridized carbons (Fsp3) is 0.400. The fourth-order valence-corrected chi connectivity index (χ4v) is 2.28. The number of nitrogens with zero attached hydrogens (tertiary/aromatic N) is 2. The average Bonchev–Trinajstić information content (AvgIpc) is 2.75. The summed E-state index contributed by atoms with van der Waals surface area (Å²) in [5.74, 6) is 1.54. The summed E-state index contributed by atoms with van der Waals surface area (Å²) in [7, 11) is 1.44. The molecule has 5 heteroatoms. The van der Waals surface area contributed by atoms with Gasteiger partial charge in [0.15, 0.2) is 11.6 Å². The molecule has 0 amide bonds. The lowest BCUT2D eigenvalue weighted by molar-refractivity contribution is 0.386. The molecule has 0 spiro atoms. The summed E-state index contributed by atoms with van der Waals surface area (Å²) >= 11 is 0. The molecule has 0 fully saturated rings. The second kappa shape index (κ2) is 5.53. The molecule has 2 rings (SSSR count). The SMILES string of the molecule is CCn1c(C(C)C)nc(-c2ccc(OC)c(F)c2)c1N. The third kappa shape index (κ3) is 2.35. The van der Waals surface area contributed by atoms with E-state index in [0.717, 1.165) is 12.4 Å². The van der Waals surface area contributed by atoms with Gasteiger partial charge in [-0.15, -0.1) is 0 Å². The van der Waals surface area contributed by atoms with Gasteiger partial charge in [-0.1, -0.05) is 13.8 Å². The highest BCUT2D eigenvalue weighted by atomic mass is 19.1. The third-order valence-corrected chi connectivity index (χ3v) is 3.29. The number of halogens is 1. The Hall–Kier alpha value is -2.04. The molecule has 1 aromatic carbocycles. The van der Waals surface area contributed by atoms with E-state index in [1.807, 2.05) is 11.5 Å². The number of hydrogen-bond acceptors (Lipinski definition) is 3. The van der Waals surface area contributed by atoms with Crippen molar-refractivity contribution in [2.75, 3.05) is 12.8 Å². The first-order chi connectivity index (χ1) is 9.49. The van der Waals surface area contributed by atoms with E-state index < -0.39 is 5.82 Å². The van der Waals surface area contributed by atoms with Crippen LogP contribution in [-0.2, 0) is 6.54 Å². The summed E-state index contributed by atoms with van der Waals surface area (Å²) in [5, 5.41) is 0. The highest BCUT2D eigenvalue weighted by Crippen LogP contribution is 2.31. The molecule has 0 saturated heterocycles. The largest absolute Gasteiger partial charge is 0.494 e. The van der Waals surface area contributed by atoms with E-state index in [0.29, 0.717) is 17.1 Å². The molecule has 0 aliphatic heterocycles. The van der Waals surface area contributed by atoms with Crippen LogP contribution >= 0.6 is 0 Å². The smallest absolute Gasteiger partial charge is 0.165 e. The fourth-order valence-electron chi connectivity index (χ4n) is 2.28. The zero-order valence-corrected chi connectivity index (χ0v) is 12.3. The number of nitrogen functional groups attached to an aromatic ring is 1. The van der Waals surface area contributed by atoms with Crippen molar-refractivity contribution >= 4 is 5.82 Å². The lowest BCUT2D eigenvalue weighted by Crippen LogP contribution is -2.06. The van der Waals surface area contributed by atoms with Crippen LogP contribution in [0, 0.1) is 5.82 Å². The van der Waals surface area contributed by atoms with Crippen LogP contribution in [0.15, 0.2) is 18.2 Å². The van der Waals surface area contributed by atoms with Gasteiger partial charge in [0.1, 0.15) is 17.3 Å². The van der Waals surface area contributed by atoms with Gasteiger partial charge in [0.2, 0.25) is 0 Å². The van der Waals surface area contributed by atoms with Crippen LogP contribution in [0.4, 0.5) is 10.2 Å². The highest BCUT2D eigenvalue weighted by molar-refractivity contribution is 5.71. The van der Waals surface area contributed by atoms with Crippen LogP contribution in [0.5, 0.6) is 5.75 Å². The molecule has 2 aromatic rings. The molecule has 0 atom stereocenters. The van der Waals surface area contributed by atoms with Crippen LogP contribution in [0.2, 0.25) is 0 Å². The van der Waals surface area contributed by atoms with Gasteiger partial charge in [0.25, 0.3) is 0 Å². The summed E-state index contributed by atoms with van der Waals surface area (Å²) < 4.78 is 20.7. The molecule has 108 valence electrons. The Kier molecular flexibility index (Phi) is 3.97. The van der Waals surface area contributed by atoms with Crippen molar-refractivity contribution < 1.29 is 9.13 Å². The van der Waals surface area contributed by atoms with Gasteiger partial charge in [0.05, 0.1) is 7.11 Å². The van der Waals surface area contributed by atoms with E-state index in [1.54, 1.807) is 12.1 Å². The number of benzene rings is 1. The summed E-state index contributed by atoms with van der Waals surface area (Å²) in [5.41, 5.74) is 7.44. The molecular formula is C15H20FN3O. The van der Waals surface area contributed by atoms with E-state index in [2.05, 4.69) is 18.8 Å². The standard InChI is InChI=1S/C15H20FN3O/c1-5-19-14(17)13(18-15(19)9(2)3)10-6-7-12(20-4)11(16)8-10/h6-9H,5,17H2,1-4H3. The van der Waals surface area contributed by atoms with E-state index in [4.69, 9.17) is 10.5 Å². The number of imidazole rings is 1. The van der Waals surface area contributed by atoms with Gasteiger partial charge in [-0.3, -0.25) is 0 Å². The summed E-state index contributed by atoms with van der Waals surface area (Å²) in [6, 6.07) is 4.76. The summed E-state index contributed by atoms with van der Waals surface area (Å²) in [6.45, 7) is 6.88. The highest BCUT2D eigenvalue weighted by Gasteiger charge is 2.18. The maximum Gasteiger partial charge on any atom is 0.165 e. The Morgan fingerprint density at radius 3 is 2.55 bits per heavy atom. The molecule has 0 aliphatic rings. The van der Waals surface area contributed by atoms with Crippen LogP contribution < -0.4 is 10.5 Å². The number of aromatic nitrogens is 2. The third-order valence-electron chi connectivity index (χ3n) is 3.29. The van der Waals surface area contributed by atoms with Crippen molar-refractivity contribution in [2.24, 2.45) is 0 Å². The summed E-state index contributed by atoms with van der Waals surface area (Å²) in [6.07, 6.45) is 0. The molecule has 0 radical (unpaired) electrons. The lowest BCUT2D eigenvalue weighted by atomic mass is 10.1. The molecule has 4 nitrogen and oxygen atoms in total. The van der Waals surface area contributed by atoms with Crippen LogP contribution in [-0.4, -0.2) is 16.7 Å². The normalized spacial score (nSPS) is 11.1. The minimum Gasteiger partial charge on any atom is -0.494 e. The zero-order valence-electron chi connectivity index (χ0n) is 12.3. The lowest BCUT2D eigenvalue weighted by Gasteiger charge is -2.08. The second-order valence-corrected chi connectivity index (χ2v) is 4.95. The van der Waals surface area contributed by atoms with Gasteiger partial charge in [-0.05, 0) is 25.1 Å². The maximum absolute atomic E-state index is 13.8. The second-order valence-electron chi connectivity index (χ2n) is 4.95. The van der Waals surface area contributed by atoms with Crippen molar-refractivity contribution in [3.8, 4) is 17.0 Å². The molecule has 0 unspecified atom stereocenters. The Balaban J connectivity index is 2.55. The molecular weight excluding hydrogens is 257 g/mol. The number of hydrogen-bond donors (Lipinski definition) is 1. The quantitative estimate of drug-likeness (QED) is 0.931. The number of ether oxygens (including phenoxy) is 1. The Labute approximate surface area is 118 Å². The van der Waals surface area contributed by atoms with E-state index in [-0.39, 0.29) is 11.7 Å². The van der Waals surface area contributed by atoms with Crippen LogP contribution in [0.3, 0.4) is 0 Å². The molecule has 0 bridgehead atoms. The van der Waals surface area contributed by atoms with Gasteiger partial charge < -0.3 is 15.0 Å². The predicted molar refractivity (Wildman–Crippen MR) is 78.3 cm³/mol. The van der Waals surface area contributed by atoms with Crippen molar-refractivity contribution in [3.63, 3.8) is 0 Å². The predicted octanol–water partition coefficient (Wildman–Crippen LogP) is 3.42. The van der Waals surface area contributed by atoms with E-state index in [9.17, 15) is 4.39 Å². The topological polar surface area (TPSA) is 53.1 Å². The first-order valence-electron chi connectivity index (χ1n) is 6.69. The van der Waals surface area contributed by atoms with Crippen molar-refractivity contribution in [1.29, 1.82) is 0 Å². The van der Waals surface area contributed by atoms with Crippen molar-refractivity contribution in [2.45, 2.75) is 33.2 Å². The number of rotatable bonds is 4. The molecule has 0 aliphatic carbocycles. The molecule has 1 aromatic heterocycles. The van der Waals surface area contributed by atoms with E-state index in [1.165, 1.54) is 13.2 Å². The van der Waals surface area contributed by atoms with E-state index >= 15 is 0 Å². The molecule has 20 heavy (non-hydrogen) atoms. The average molecular weight is 277 g/mol. The minimum absolute atomic E-state index is 0.214. The Morgan fingerprint density at radius 1 is 1.40 bits per heavy atom. The molecule has 0 saturated carbocycles. The van der Waals surface area contributed by atoms with Crippen molar-refractivity contribution in [3.05, 3.63) is 29.8 Å². The monoisotopic (exact) mass is 277 g/mol. The van der Waals surface area contributed by atoms with Crippen LogP contribution in [0.1, 0.15) is 32.5 Å². The molecule has 2 N–H and O–H groups in total. The van der Waals surface area contributed by atoms with Gasteiger partial charge >= 0.3 is 0 Å². The minimum atomic E-state index is -0.415. The Bertz CT molecular complexity index is 620. The van der Waals surface area contributed by atoms with Gasteiger partial charge in [-0.2, -0.15) is 0 Å². The van der Waals surface area contributed by atoms with Gasteiger partial charge in [0, 0.05) is 18.0 Å².